The number of amides is 2. The number of phenolic OH excluding ortho intramolecular Hbond substituents is 1. The van der Waals surface area contributed by atoms with Crippen LogP contribution < -0.4 is 11.5 Å². The molecule has 5 N–H and O–H groups in total. The van der Waals surface area contributed by atoms with E-state index >= 15 is 0 Å². The normalized spacial score (nSPS) is 11.0. The predicted molar refractivity (Wildman–Crippen MR) is 89.0 cm³/mol. The van der Waals surface area contributed by atoms with Crippen LogP contribution in [0.4, 0.5) is 0 Å². The van der Waals surface area contributed by atoms with Gasteiger partial charge in [-0.3, -0.25) is 9.59 Å². The van der Waals surface area contributed by atoms with Crippen LogP contribution in [-0.4, -0.2) is 21.5 Å². The van der Waals surface area contributed by atoms with Crippen molar-refractivity contribution in [2.45, 2.75) is 13.3 Å². The molecule has 1 aromatic carbocycles. The van der Waals surface area contributed by atoms with Gasteiger partial charge in [-0.15, -0.1) is 11.3 Å². The van der Waals surface area contributed by atoms with Crippen molar-refractivity contribution in [2.24, 2.45) is 11.5 Å². The number of nitrogens with two attached hydrogens (primary N) is 2. The average molecular weight is 329 g/mol. The third-order valence-corrected chi connectivity index (χ3v) is 4.75. The number of phenols is 1. The first-order chi connectivity index (χ1) is 10.9. The van der Waals surface area contributed by atoms with Crippen LogP contribution in [-0.2, 0) is 11.2 Å². The Balaban J connectivity index is 2.30. The highest BCUT2D eigenvalue weighted by Crippen LogP contribution is 2.33. The number of nitrogens with zero attached hydrogens (tertiary/aromatic N) is 1. The lowest BCUT2D eigenvalue weighted by molar-refractivity contribution is -0.117. The number of rotatable bonds is 4. The first-order valence-electron chi connectivity index (χ1n) is 6.88. The summed E-state index contributed by atoms with van der Waals surface area (Å²) in [4.78, 5) is 23.1. The Morgan fingerprint density at radius 3 is 2.70 bits per heavy atom. The fraction of sp³-hybridized carbons (Fsp3) is 0.125. The number of benzene rings is 1. The molecule has 0 aliphatic rings. The Morgan fingerprint density at radius 1 is 1.30 bits per heavy atom. The second kappa shape index (κ2) is 5.44. The number of carbonyl (C=O) groups is 2. The zero-order valence-electron chi connectivity index (χ0n) is 12.4. The summed E-state index contributed by atoms with van der Waals surface area (Å²) >= 11 is 1.39. The highest BCUT2D eigenvalue weighted by Gasteiger charge is 2.19. The first kappa shape index (κ1) is 15.1. The number of hydrogen-bond donors (Lipinski definition) is 3. The topological polar surface area (TPSA) is 111 Å². The molecule has 2 amide bonds. The number of thiophene rings is 1. The Morgan fingerprint density at radius 2 is 2.04 bits per heavy atom. The highest BCUT2D eigenvalue weighted by atomic mass is 32.1. The van der Waals surface area contributed by atoms with E-state index < -0.39 is 11.8 Å². The van der Waals surface area contributed by atoms with Crippen molar-refractivity contribution in [3.05, 3.63) is 46.5 Å². The van der Waals surface area contributed by atoms with Gasteiger partial charge in [-0.2, -0.15) is 0 Å². The first-order valence-corrected chi connectivity index (χ1v) is 7.76. The molecule has 0 fully saturated rings. The predicted octanol–water partition coefficient (Wildman–Crippen LogP) is 1.83. The molecule has 2 heterocycles. The van der Waals surface area contributed by atoms with Crippen LogP contribution in [0.3, 0.4) is 0 Å². The van der Waals surface area contributed by atoms with Gasteiger partial charge >= 0.3 is 0 Å². The number of aromatic nitrogens is 1. The van der Waals surface area contributed by atoms with Crippen LogP contribution in [0.1, 0.15) is 21.5 Å². The van der Waals surface area contributed by atoms with E-state index in [1.54, 1.807) is 24.4 Å². The molecular weight excluding hydrogens is 314 g/mol. The second-order valence-corrected chi connectivity index (χ2v) is 6.19. The number of fused-ring (bicyclic) bond motifs is 1. The molecule has 118 valence electrons. The van der Waals surface area contributed by atoms with E-state index in [0.717, 1.165) is 11.1 Å². The number of hydrogen-bond acceptors (Lipinski definition) is 4. The standard InChI is InChI=1S/C16H15N3O3S/c1-8-7-23-16(14(8)15(18)22)19-6-9(4-13(17)21)11-5-10(20)2-3-12(11)19/h2-3,5-7,20H,4H2,1H3,(H2,17,21)(H2,18,22). The van der Waals surface area contributed by atoms with Crippen molar-refractivity contribution >= 4 is 34.1 Å². The molecule has 3 aromatic rings. The fourth-order valence-corrected chi connectivity index (χ4v) is 3.74. The fourth-order valence-electron chi connectivity index (χ4n) is 2.69. The summed E-state index contributed by atoms with van der Waals surface area (Å²) in [6, 6.07) is 4.86. The molecule has 0 radical (unpaired) electrons. The smallest absolute Gasteiger partial charge is 0.251 e. The van der Waals surface area contributed by atoms with Gasteiger partial charge in [0, 0.05) is 11.6 Å². The second-order valence-electron chi connectivity index (χ2n) is 5.33. The van der Waals surface area contributed by atoms with Gasteiger partial charge in [0.05, 0.1) is 17.5 Å². The lowest BCUT2D eigenvalue weighted by Crippen LogP contribution is -2.14. The molecule has 0 spiro atoms. The Bertz CT molecular complexity index is 940. The minimum Gasteiger partial charge on any atom is -0.508 e. The van der Waals surface area contributed by atoms with Crippen molar-refractivity contribution in [1.29, 1.82) is 0 Å². The molecule has 6 nitrogen and oxygen atoms in total. The molecule has 0 unspecified atom stereocenters. The molecule has 7 heteroatoms. The summed E-state index contributed by atoms with van der Waals surface area (Å²) in [5.74, 6) is -0.876. The van der Waals surface area contributed by atoms with Crippen LogP contribution >= 0.6 is 11.3 Å². The van der Waals surface area contributed by atoms with Gasteiger partial charge in [0.15, 0.2) is 0 Å². The maximum absolute atomic E-state index is 11.8. The third kappa shape index (κ3) is 2.55. The van der Waals surface area contributed by atoms with E-state index in [1.807, 2.05) is 16.9 Å². The van der Waals surface area contributed by atoms with Crippen molar-refractivity contribution in [3.8, 4) is 10.8 Å². The minimum absolute atomic E-state index is 0.0449. The summed E-state index contributed by atoms with van der Waals surface area (Å²) in [6.45, 7) is 1.82. The highest BCUT2D eigenvalue weighted by molar-refractivity contribution is 7.13. The number of carbonyl (C=O) groups excluding carboxylic acids is 2. The Hall–Kier alpha value is -2.80. The van der Waals surface area contributed by atoms with Gasteiger partial charge in [-0.25, -0.2) is 0 Å². The van der Waals surface area contributed by atoms with Crippen LogP contribution in [0.5, 0.6) is 5.75 Å². The summed E-state index contributed by atoms with van der Waals surface area (Å²) in [7, 11) is 0. The van der Waals surface area contributed by atoms with Gasteiger partial charge in [0.1, 0.15) is 10.8 Å². The molecule has 0 aliphatic heterocycles. The van der Waals surface area contributed by atoms with E-state index in [9.17, 15) is 14.7 Å². The maximum atomic E-state index is 11.8. The van der Waals surface area contributed by atoms with Crippen molar-refractivity contribution in [1.82, 2.24) is 4.57 Å². The molecule has 3 rings (SSSR count). The lowest BCUT2D eigenvalue weighted by Gasteiger charge is -2.05. The largest absolute Gasteiger partial charge is 0.508 e. The average Bonchev–Trinajstić information content (AvgIpc) is 2.99. The van der Waals surface area contributed by atoms with E-state index in [0.29, 0.717) is 21.5 Å². The van der Waals surface area contributed by atoms with E-state index in [1.165, 1.54) is 11.3 Å². The molecule has 0 atom stereocenters. The van der Waals surface area contributed by atoms with Crippen LogP contribution in [0.15, 0.2) is 29.8 Å². The summed E-state index contributed by atoms with van der Waals surface area (Å²) < 4.78 is 1.81. The van der Waals surface area contributed by atoms with E-state index in [-0.39, 0.29) is 12.2 Å². The van der Waals surface area contributed by atoms with Crippen molar-refractivity contribution in [2.75, 3.05) is 0 Å². The van der Waals surface area contributed by atoms with Crippen molar-refractivity contribution < 1.29 is 14.7 Å². The lowest BCUT2D eigenvalue weighted by atomic mass is 10.1. The van der Waals surface area contributed by atoms with Crippen LogP contribution in [0.25, 0.3) is 15.9 Å². The summed E-state index contributed by atoms with van der Waals surface area (Å²) in [5, 5.41) is 13.0. The quantitative estimate of drug-likeness (QED) is 0.679. The number of aromatic hydroxyl groups is 1. The van der Waals surface area contributed by atoms with Gasteiger partial charge in [-0.05, 0) is 41.6 Å². The molecule has 0 bridgehead atoms. The summed E-state index contributed by atoms with van der Waals surface area (Å²) in [6.07, 6.45) is 1.80. The molecule has 23 heavy (non-hydrogen) atoms. The minimum atomic E-state index is -0.504. The van der Waals surface area contributed by atoms with Gasteiger partial charge in [0.25, 0.3) is 5.91 Å². The molecule has 0 aliphatic carbocycles. The number of primary amides is 2. The van der Waals surface area contributed by atoms with Gasteiger partial charge in [0.2, 0.25) is 5.91 Å². The monoisotopic (exact) mass is 329 g/mol. The van der Waals surface area contributed by atoms with E-state index in [2.05, 4.69) is 0 Å². The SMILES string of the molecule is Cc1csc(-n2cc(CC(N)=O)c3cc(O)ccc32)c1C(N)=O. The number of aryl methyl sites for hydroxylation is 1. The zero-order valence-corrected chi connectivity index (χ0v) is 13.2. The summed E-state index contributed by atoms with van der Waals surface area (Å²) in [5.41, 5.74) is 13.5. The van der Waals surface area contributed by atoms with Crippen LogP contribution in [0, 0.1) is 6.92 Å². The molecular formula is C16H15N3O3S. The Labute approximate surface area is 135 Å². The third-order valence-electron chi connectivity index (χ3n) is 3.66. The zero-order chi connectivity index (χ0) is 16.7. The Kier molecular flexibility index (Phi) is 3.57. The van der Waals surface area contributed by atoms with Crippen molar-refractivity contribution in [3.63, 3.8) is 0 Å². The molecule has 0 saturated heterocycles. The molecule has 2 aromatic heterocycles. The van der Waals surface area contributed by atoms with Gasteiger partial charge < -0.3 is 21.1 Å². The molecule has 0 saturated carbocycles. The van der Waals surface area contributed by atoms with E-state index in [4.69, 9.17) is 11.5 Å². The van der Waals surface area contributed by atoms with Gasteiger partial charge in [-0.1, -0.05) is 0 Å². The van der Waals surface area contributed by atoms with Crippen LogP contribution in [0.2, 0.25) is 0 Å². The maximum Gasteiger partial charge on any atom is 0.251 e.